The number of aromatic hydroxyl groups is 2. The van der Waals surface area contributed by atoms with Crippen molar-refractivity contribution in [2.24, 2.45) is 5.73 Å². The zero-order chi connectivity index (χ0) is 28.1. The van der Waals surface area contributed by atoms with Gasteiger partial charge in [-0.15, -0.1) is 0 Å². The molecule has 1 heterocycles. The lowest BCUT2D eigenvalue weighted by molar-refractivity contribution is -0.133. The van der Waals surface area contributed by atoms with Crippen LogP contribution in [0.15, 0.2) is 59.0 Å². The molecule has 0 saturated heterocycles. The number of rotatable bonds is 11. The molecule has 8 nitrogen and oxygen atoms in total. The van der Waals surface area contributed by atoms with E-state index in [0.717, 1.165) is 5.56 Å². The van der Waals surface area contributed by atoms with Crippen LogP contribution < -0.4 is 10.5 Å². The van der Waals surface area contributed by atoms with E-state index < -0.39 is 5.97 Å². The number of fused-ring (bicyclic) bond motifs is 1. The Balaban J connectivity index is 1.68. The van der Waals surface area contributed by atoms with Crippen molar-refractivity contribution in [2.45, 2.75) is 38.5 Å². The SMILES string of the molecule is NC(=O)CCCCCc1oc2cc(OC(=O)Cc3ccccc3)c(O)cc2c1C(=O)c1cc(I)c(O)c(I)c1. The largest absolute Gasteiger partial charge is 0.506 e. The summed E-state index contributed by atoms with van der Waals surface area (Å²) >= 11 is 3.92. The summed E-state index contributed by atoms with van der Waals surface area (Å²) in [6.45, 7) is 0. The molecule has 4 rings (SSSR count). The molecule has 4 N–H and O–H groups in total. The average molecular weight is 753 g/mol. The van der Waals surface area contributed by atoms with E-state index in [9.17, 15) is 24.6 Å². The van der Waals surface area contributed by atoms with Crippen LogP contribution in [0.2, 0.25) is 0 Å². The molecule has 0 atom stereocenters. The van der Waals surface area contributed by atoms with Gasteiger partial charge < -0.3 is 25.1 Å². The third-order valence-electron chi connectivity index (χ3n) is 6.09. The van der Waals surface area contributed by atoms with Gasteiger partial charge in [0.15, 0.2) is 17.3 Å². The maximum Gasteiger partial charge on any atom is 0.315 e. The molecule has 0 saturated carbocycles. The van der Waals surface area contributed by atoms with Gasteiger partial charge in [0.05, 0.1) is 19.1 Å². The molecule has 0 aliphatic heterocycles. The smallest absolute Gasteiger partial charge is 0.315 e. The molecule has 0 aliphatic carbocycles. The minimum Gasteiger partial charge on any atom is -0.506 e. The summed E-state index contributed by atoms with van der Waals surface area (Å²) in [4.78, 5) is 37.3. The van der Waals surface area contributed by atoms with Crippen molar-refractivity contribution in [3.63, 3.8) is 0 Å². The van der Waals surface area contributed by atoms with Crippen LogP contribution in [-0.2, 0) is 22.4 Å². The summed E-state index contributed by atoms with van der Waals surface area (Å²) in [5, 5.41) is 21.3. The first-order chi connectivity index (χ1) is 18.6. The highest BCUT2D eigenvalue weighted by atomic mass is 127. The molecular weight excluding hydrogens is 728 g/mol. The van der Waals surface area contributed by atoms with Gasteiger partial charge in [0.1, 0.15) is 17.1 Å². The van der Waals surface area contributed by atoms with E-state index in [1.54, 1.807) is 24.3 Å². The lowest BCUT2D eigenvalue weighted by Crippen LogP contribution is -2.11. The zero-order valence-corrected chi connectivity index (χ0v) is 25.0. The van der Waals surface area contributed by atoms with Crippen LogP contribution in [0.1, 0.15) is 52.9 Å². The van der Waals surface area contributed by atoms with Gasteiger partial charge in [-0.3, -0.25) is 14.4 Å². The van der Waals surface area contributed by atoms with Crippen molar-refractivity contribution in [1.82, 2.24) is 0 Å². The summed E-state index contributed by atoms with van der Waals surface area (Å²) in [7, 11) is 0. The van der Waals surface area contributed by atoms with Crippen LogP contribution >= 0.6 is 45.2 Å². The van der Waals surface area contributed by atoms with Gasteiger partial charge in [-0.2, -0.15) is 0 Å². The van der Waals surface area contributed by atoms with Gasteiger partial charge in [-0.1, -0.05) is 36.8 Å². The van der Waals surface area contributed by atoms with Gasteiger partial charge in [0, 0.05) is 29.9 Å². The number of hydrogen-bond acceptors (Lipinski definition) is 7. The molecule has 4 aromatic rings. The van der Waals surface area contributed by atoms with E-state index in [1.165, 1.54) is 12.1 Å². The Hall–Kier alpha value is -3.13. The summed E-state index contributed by atoms with van der Waals surface area (Å²) in [6.07, 6.45) is 2.68. The van der Waals surface area contributed by atoms with Crippen LogP contribution in [0, 0.1) is 7.14 Å². The second kappa shape index (κ2) is 12.8. The molecular formula is C29H25I2NO7. The quantitative estimate of drug-likeness (QED) is 0.0560. The fraction of sp³-hybridized carbons (Fsp3) is 0.207. The Labute approximate surface area is 251 Å². The lowest BCUT2D eigenvalue weighted by Gasteiger charge is -2.08. The van der Waals surface area contributed by atoms with E-state index >= 15 is 0 Å². The van der Waals surface area contributed by atoms with Crippen LogP contribution in [0.25, 0.3) is 11.0 Å². The van der Waals surface area contributed by atoms with Crippen molar-refractivity contribution in [3.05, 3.63) is 84.2 Å². The van der Waals surface area contributed by atoms with Crippen LogP contribution in [0.5, 0.6) is 17.2 Å². The van der Waals surface area contributed by atoms with Gasteiger partial charge in [0.2, 0.25) is 5.91 Å². The van der Waals surface area contributed by atoms with Crippen molar-refractivity contribution >= 4 is 73.8 Å². The molecule has 0 fully saturated rings. The van der Waals surface area contributed by atoms with Gasteiger partial charge in [-0.05, 0) is 81.8 Å². The number of primary amides is 1. The first-order valence-electron chi connectivity index (χ1n) is 12.2. The topological polar surface area (TPSA) is 140 Å². The first-order valence-corrected chi connectivity index (χ1v) is 14.3. The number of carbonyl (C=O) groups excluding carboxylic acids is 3. The molecule has 10 heteroatoms. The van der Waals surface area contributed by atoms with Crippen molar-refractivity contribution < 1.29 is 33.8 Å². The van der Waals surface area contributed by atoms with E-state index in [-0.39, 0.29) is 52.9 Å². The maximum absolute atomic E-state index is 13.7. The number of phenolic OH excluding ortho intramolecular Hbond substituents is 2. The second-order valence-corrected chi connectivity index (χ2v) is 11.3. The normalized spacial score (nSPS) is 11.0. The minimum atomic E-state index is -0.554. The Morgan fingerprint density at radius 3 is 2.28 bits per heavy atom. The second-order valence-electron chi connectivity index (χ2n) is 9.00. The van der Waals surface area contributed by atoms with Crippen LogP contribution in [-0.4, -0.2) is 27.9 Å². The Kier molecular flexibility index (Phi) is 9.49. The number of nitrogens with two attached hydrogens (primary N) is 1. The van der Waals surface area contributed by atoms with E-state index in [0.29, 0.717) is 49.5 Å². The third-order valence-corrected chi connectivity index (χ3v) is 7.74. The van der Waals surface area contributed by atoms with Gasteiger partial charge >= 0.3 is 5.97 Å². The number of carbonyl (C=O) groups is 3. The monoisotopic (exact) mass is 753 g/mol. The van der Waals surface area contributed by atoms with Crippen LogP contribution in [0.4, 0.5) is 0 Å². The molecule has 202 valence electrons. The van der Waals surface area contributed by atoms with Crippen molar-refractivity contribution in [2.75, 3.05) is 0 Å². The standard InChI is InChI=1S/C29H25I2NO7/c30-19-12-17(13-20(31)29(19)37)28(36)27-18-14-21(33)24(39-26(35)11-16-7-3-1-4-8-16)15-23(18)38-22(27)9-5-2-6-10-25(32)34/h1,3-4,7-8,12-15,33,37H,2,5-6,9-11H2,(H2,32,34). The summed E-state index contributed by atoms with van der Waals surface area (Å²) in [5.41, 5.74) is 6.93. The fourth-order valence-corrected chi connectivity index (χ4v) is 5.96. The number of esters is 1. The van der Waals surface area contributed by atoms with Gasteiger partial charge in [-0.25, -0.2) is 0 Å². The highest BCUT2D eigenvalue weighted by Gasteiger charge is 2.25. The number of unbranched alkanes of at least 4 members (excludes halogenated alkanes) is 2. The predicted molar refractivity (Wildman–Crippen MR) is 162 cm³/mol. The number of amides is 1. The molecule has 0 radical (unpaired) electrons. The number of ether oxygens (including phenoxy) is 1. The van der Waals surface area contributed by atoms with Crippen molar-refractivity contribution in [1.29, 1.82) is 0 Å². The Bertz CT molecular complexity index is 1520. The molecule has 0 spiro atoms. The Morgan fingerprint density at radius 1 is 0.923 bits per heavy atom. The highest BCUT2D eigenvalue weighted by molar-refractivity contribution is 14.1. The molecule has 1 aromatic heterocycles. The van der Waals surface area contributed by atoms with E-state index in [1.807, 2.05) is 63.4 Å². The first kappa shape index (κ1) is 28.9. The van der Waals surface area contributed by atoms with Gasteiger partial charge in [0.25, 0.3) is 0 Å². The summed E-state index contributed by atoms with van der Waals surface area (Å²) in [6, 6.07) is 15.0. The molecule has 39 heavy (non-hydrogen) atoms. The number of hydrogen-bond donors (Lipinski definition) is 3. The van der Waals surface area contributed by atoms with E-state index in [4.69, 9.17) is 14.9 Å². The number of benzene rings is 3. The predicted octanol–water partition coefficient (Wildman–Crippen LogP) is 6.02. The number of ketones is 1. The van der Waals surface area contributed by atoms with Crippen LogP contribution in [0.3, 0.4) is 0 Å². The maximum atomic E-state index is 13.7. The number of halogens is 2. The third kappa shape index (κ3) is 7.10. The summed E-state index contributed by atoms with van der Waals surface area (Å²) in [5.74, 6) is -1.11. The Morgan fingerprint density at radius 2 is 1.62 bits per heavy atom. The highest BCUT2D eigenvalue weighted by Crippen LogP contribution is 2.38. The minimum absolute atomic E-state index is 0.0227. The molecule has 0 aliphatic rings. The lowest BCUT2D eigenvalue weighted by atomic mass is 9.97. The molecule has 1 amide bonds. The number of furan rings is 1. The molecule has 0 unspecified atom stereocenters. The van der Waals surface area contributed by atoms with Crippen molar-refractivity contribution in [3.8, 4) is 17.2 Å². The summed E-state index contributed by atoms with van der Waals surface area (Å²) < 4.78 is 12.6. The number of aryl methyl sites for hydroxylation is 1. The van der Waals surface area contributed by atoms with E-state index in [2.05, 4.69) is 0 Å². The number of phenols is 2. The fourth-order valence-electron chi connectivity index (χ4n) is 4.19. The molecule has 3 aromatic carbocycles. The zero-order valence-electron chi connectivity index (χ0n) is 20.7. The molecule has 0 bridgehead atoms. The average Bonchev–Trinajstić information content (AvgIpc) is 3.23.